The first kappa shape index (κ1) is 11.9. The predicted octanol–water partition coefficient (Wildman–Crippen LogP) is 3.31. The Morgan fingerprint density at radius 3 is 1.50 bits per heavy atom. The molecule has 3 heteroatoms. The normalized spacial score (nSPS) is 11.3. The average molecular weight is 267 g/mol. The van der Waals surface area contributed by atoms with Crippen LogP contribution >= 0.6 is 17.6 Å². The first-order valence-corrected chi connectivity index (χ1v) is 8.56. The van der Waals surface area contributed by atoms with Gasteiger partial charge < -0.3 is 0 Å². The van der Waals surface area contributed by atoms with E-state index in [4.69, 9.17) is 23.4 Å². The summed E-state index contributed by atoms with van der Waals surface area (Å²) in [5.41, 5.74) is 0.510. The fraction of sp³-hybridized carbons (Fsp3) is 0.0769. The van der Waals surface area contributed by atoms with Gasteiger partial charge in [0.25, 0.3) is 0 Å². The van der Waals surface area contributed by atoms with E-state index < -0.39 is 6.04 Å². The largest absolute Gasteiger partial charge is 0.120 e. The van der Waals surface area contributed by atoms with Crippen molar-refractivity contribution in [1.29, 1.82) is 0 Å². The average Bonchev–Trinajstić information content (AvgIpc) is 2.40. The zero-order chi connectivity index (χ0) is 11.4. The van der Waals surface area contributed by atoms with Gasteiger partial charge in [0, 0.05) is 6.04 Å². The molecule has 0 aliphatic rings. The maximum absolute atomic E-state index is 6.12. The number of hydrogen-bond acceptors (Lipinski definition) is 1. The topological polar surface area (TPSA) is 0 Å². The molecule has 0 nitrogen and oxygen atoms in total. The highest BCUT2D eigenvalue weighted by Gasteiger charge is 2.20. The van der Waals surface area contributed by atoms with E-state index in [1.807, 2.05) is 36.4 Å². The monoisotopic (exact) mass is 266 g/mol. The molecule has 0 radical (unpaired) electrons. The fourth-order valence-electron chi connectivity index (χ4n) is 1.62. The molecule has 0 aromatic heterocycles. The molecule has 2 aromatic carbocycles. The number of alkyl halides is 1. The quantitative estimate of drug-likeness (QED) is 0.607. The van der Waals surface area contributed by atoms with Crippen LogP contribution in [0.2, 0.25) is 0 Å². The van der Waals surface area contributed by atoms with Crippen LogP contribution < -0.4 is 10.6 Å². The van der Waals surface area contributed by atoms with Crippen molar-refractivity contribution in [2.75, 3.05) is 5.62 Å². The Balaban J connectivity index is 2.54. The van der Waals surface area contributed by atoms with Crippen LogP contribution in [-0.4, -0.2) is 5.62 Å². The summed E-state index contributed by atoms with van der Waals surface area (Å²) < 4.78 is 0. The van der Waals surface area contributed by atoms with Gasteiger partial charge in [-0.15, -0.1) is 11.6 Å². The Morgan fingerprint density at radius 2 is 1.19 bits per heavy atom. The van der Waals surface area contributed by atoms with Crippen LogP contribution in [-0.2, 0) is 11.8 Å². The van der Waals surface area contributed by atoms with Gasteiger partial charge in [-0.05, 0) is 10.6 Å². The van der Waals surface area contributed by atoms with E-state index in [2.05, 4.69) is 24.3 Å². The third kappa shape index (κ3) is 2.22. The lowest BCUT2D eigenvalue weighted by atomic mass is 10.4. The molecule has 0 spiro atoms. The second-order valence-corrected chi connectivity index (χ2v) is 8.87. The molecule has 0 amide bonds. The predicted molar refractivity (Wildman–Crippen MR) is 77.2 cm³/mol. The second kappa shape index (κ2) is 5.14. The molecule has 0 saturated heterocycles. The molecule has 0 N–H and O–H groups in total. The van der Waals surface area contributed by atoms with E-state index in [-0.39, 0.29) is 0 Å². The summed E-state index contributed by atoms with van der Waals surface area (Å²) in [5, 5.41) is 2.37. The molecular formula is C13H12ClPS. The highest BCUT2D eigenvalue weighted by molar-refractivity contribution is 8.22. The van der Waals surface area contributed by atoms with E-state index in [1.54, 1.807) is 0 Å². The van der Waals surface area contributed by atoms with Gasteiger partial charge in [0.1, 0.15) is 0 Å². The molecule has 0 atom stereocenters. The maximum Gasteiger partial charge on any atom is 0.0591 e. The summed E-state index contributed by atoms with van der Waals surface area (Å²) in [6.07, 6.45) is 0. The van der Waals surface area contributed by atoms with Crippen molar-refractivity contribution in [2.45, 2.75) is 0 Å². The van der Waals surface area contributed by atoms with Crippen molar-refractivity contribution in [3.8, 4) is 0 Å². The van der Waals surface area contributed by atoms with Crippen LogP contribution in [0.1, 0.15) is 0 Å². The van der Waals surface area contributed by atoms with E-state index in [0.717, 1.165) is 0 Å². The second-order valence-electron chi connectivity index (χ2n) is 3.53. The van der Waals surface area contributed by atoms with Crippen LogP contribution in [0.5, 0.6) is 0 Å². The molecule has 16 heavy (non-hydrogen) atoms. The van der Waals surface area contributed by atoms with E-state index in [0.29, 0.717) is 5.62 Å². The highest BCUT2D eigenvalue weighted by atomic mass is 35.5. The zero-order valence-corrected chi connectivity index (χ0v) is 11.2. The number of halogens is 1. The van der Waals surface area contributed by atoms with Gasteiger partial charge in [0.15, 0.2) is 0 Å². The van der Waals surface area contributed by atoms with Crippen LogP contribution in [0, 0.1) is 0 Å². The Labute approximate surface area is 106 Å². The van der Waals surface area contributed by atoms with Gasteiger partial charge in [-0.3, -0.25) is 0 Å². The lowest BCUT2D eigenvalue weighted by molar-refractivity contribution is 1.74. The van der Waals surface area contributed by atoms with Crippen molar-refractivity contribution in [2.24, 2.45) is 0 Å². The molecular weight excluding hydrogens is 255 g/mol. The number of rotatable bonds is 3. The van der Waals surface area contributed by atoms with Crippen molar-refractivity contribution >= 4 is 40.1 Å². The highest BCUT2D eigenvalue weighted by Crippen LogP contribution is 2.44. The summed E-state index contributed by atoms with van der Waals surface area (Å²) in [7, 11) is 0. The number of hydrogen-bond donors (Lipinski definition) is 0. The van der Waals surface area contributed by atoms with Gasteiger partial charge in [-0.2, -0.15) is 0 Å². The molecule has 0 aliphatic heterocycles. The number of benzene rings is 2. The SMILES string of the molecule is S=P(CCl)(c1ccccc1)c1ccccc1. The lowest BCUT2D eigenvalue weighted by Crippen LogP contribution is -2.16. The third-order valence-electron chi connectivity index (χ3n) is 2.51. The summed E-state index contributed by atoms with van der Waals surface area (Å²) in [6, 6.07) is 18.6. The fourth-order valence-corrected chi connectivity index (χ4v) is 5.06. The minimum atomic E-state index is -1.81. The smallest absolute Gasteiger partial charge is 0.0591 e. The van der Waals surface area contributed by atoms with Crippen LogP contribution in [0.3, 0.4) is 0 Å². The Hall–Kier alpha value is -0.620. The van der Waals surface area contributed by atoms with Gasteiger partial charge in [0.2, 0.25) is 0 Å². The van der Waals surface area contributed by atoms with Crippen molar-refractivity contribution < 1.29 is 0 Å². The Bertz CT molecular complexity index is 452. The van der Waals surface area contributed by atoms with Crippen molar-refractivity contribution in [1.82, 2.24) is 0 Å². The molecule has 0 aliphatic carbocycles. The third-order valence-corrected chi connectivity index (χ3v) is 8.27. The minimum Gasteiger partial charge on any atom is -0.120 e. The van der Waals surface area contributed by atoms with E-state index in [9.17, 15) is 0 Å². The van der Waals surface area contributed by atoms with Crippen LogP contribution in [0.4, 0.5) is 0 Å². The molecule has 2 aromatic rings. The molecule has 0 saturated carbocycles. The standard InChI is InChI=1S/C13H12ClPS/c14-11-15(16,12-7-3-1-4-8-12)13-9-5-2-6-10-13/h1-10H,11H2. The summed E-state index contributed by atoms with van der Waals surface area (Å²) in [5.74, 6) is 0. The van der Waals surface area contributed by atoms with Crippen molar-refractivity contribution in [3.63, 3.8) is 0 Å². The minimum absolute atomic E-state index is 0.510. The first-order valence-electron chi connectivity index (χ1n) is 5.03. The zero-order valence-electron chi connectivity index (χ0n) is 8.71. The van der Waals surface area contributed by atoms with Gasteiger partial charge in [-0.25, -0.2) is 0 Å². The van der Waals surface area contributed by atoms with E-state index >= 15 is 0 Å². The van der Waals surface area contributed by atoms with Crippen LogP contribution in [0.25, 0.3) is 0 Å². The first-order chi connectivity index (χ1) is 7.77. The molecule has 0 unspecified atom stereocenters. The molecule has 0 heterocycles. The molecule has 0 fully saturated rings. The molecule has 0 bridgehead atoms. The van der Waals surface area contributed by atoms with Gasteiger partial charge in [-0.1, -0.05) is 72.5 Å². The lowest BCUT2D eigenvalue weighted by Gasteiger charge is -2.20. The Kier molecular flexibility index (Phi) is 3.81. The summed E-state index contributed by atoms with van der Waals surface area (Å²) in [6.45, 7) is 0. The molecule has 2 rings (SSSR count). The maximum atomic E-state index is 6.12. The van der Waals surface area contributed by atoms with Crippen molar-refractivity contribution in [3.05, 3.63) is 60.7 Å². The Morgan fingerprint density at radius 1 is 0.812 bits per heavy atom. The van der Waals surface area contributed by atoms with Gasteiger partial charge in [0.05, 0.1) is 5.62 Å². The summed E-state index contributed by atoms with van der Waals surface area (Å²) >= 11 is 11.9. The molecule has 82 valence electrons. The van der Waals surface area contributed by atoms with E-state index in [1.165, 1.54) is 10.6 Å². The van der Waals surface area contributed by atoms with Gasteiger partial charge >= 0.3 is 0 Å². The van der Waals surface area contributed by atoms with Crippen LogP contribution in [0.15, 0.2) is 60.7 Å². The summed E-state index contributed by atoms with van der Waals surface area (Å²) in [4.78, 5) is 0.